The summed E-state index contributed by atoms with van der Waals surface area (Å²) in [5, 5.41) is 5.11. The molecule has 1 heterocycles. The number of nitrogens with zero attached hydrogens (tertiary/aromatic N) is 1. The van der Waals surface area contributed by atoms with Gasteiger partial charge in [-0.1, -0.05) is 0 Å². The van der Waals surface area contributed by atoms with E-state index in [-0.39, 0.29) is 6.61 Å². The van der Waals surface area contributed by atoms with Gasteiger partial charge in [-0.2, -0.15) is 0 Å². The van der Waals surface area contributed by atoms with Gasteiger partial charge in [0.05, 0.1) is 17.8 Å². The van der Waals surface area contributed by atoms with Crippen LogP contribution in [0.1, 0.15) is 5.69 Å². The Kier molecular flexibility index (Phi) is 5.13. The first kappa shape index (κ1) is 11.1. The van der Waals surface area contributed by atoms with Crippen molar-refractivity contribution >= 4 is 17.2 Å². The first-order valence-corrected chi connectivity index (χ1v) is 5.17. The smallest absolute Gasteiger partial charge is 0.243 e. The number of aromatic nitrogens is 1. The lowest BCUT2D eigenvalue weighted by Crippen LogP contribution is -2.23. The Labute approximate surface area is 86.3 Å². The maximum Gasteiger partial charge on any atom is 0.243 e. The van der Waals surface area contributed by atoms with Crippen molar-refractivity contribution < 1.29 is 9.53 Å². The van der Waals surface area contributed by atoms with Gasteiger partial charge in [0.2, 0.25) is 5.91 Å². The lowest BCUT2D eigenvalue weighted by Gasteiger charge is -2.02. The fraction of sp³-hybridized carbons (Fsp3) is 0.500. The molecular weight excluding hydrogens is 202 g/mol. The zero-order chi connectivity index (χ0) is 10.2. The third-order valence-corrected chi connectivity index (χ3v) is 2.09. The van der Waals surface area contributed by atoms with Gasteiger partial charge in [0.15, 0.2) is 0 Å². The summed E-state index contributed by atoms with van der Waals surface area (Å²) in [6.07, 6.45) is 0. The minimum absolute atomic E-state index is 0.0155. The highest BCUT2D eigenvalue weighted by atomic mass is 32.1. The van der Waals surface area contributed by atoms with Crippen molar-refractivity contribution in [1.82, 2.24) is 10.3 Å². The van der Waals surface area contributed by atoms with Crippen LogP contribution in [0.5, 0.6) is 0 Å². The predicted molar refractivity (Wildman–Crippen MR) is 53.8 cm³/mol. The minimum atomic E-state index is -0.440. The second kappa shape index (κ2) is 6.47. The van der Waals surface area contributed by atoms with Crippen molar-refractivity contribution in [2.24, 2.45) is 5.73 Å². The molecule has 5 nitrogen and oxygen atoms in total. The number of ether oxygens (including phenoxy) is 1. The molecule has 1 aromatic heterocycles. The molecule has 0 fully saturated rings. The maximum atomic E-state index is 10.3. The molecule has 0 aliphatic heterocycles. The topological polar surface area (TPSA) is 77.2 Å². The molecule has 0 bridgehead atoms. The van der Waals surface area contributed by atoms with Crippen LogP contribution in [0.3, 0.4) is 0 Å². The van der Waals surface area contributed by atoms with Crippen LogP contribution in [0.4, 0.5) is 0 Å². The molecule has 0 radical (unpaired) electrons. The molecule has 3 N–H and O–H groups in total. The van der Waals surface area contributed by atoms with E-state index in [1.165, 1.54) is 0 Å². The monoisotopic (exact) mass is 215 g/mol. The van der Waals surface area contributed by atoms with Crippen LogP contribution < -0.4 is 11.1 Å². The van der Waals surface area contributed by atoms with Gasteiger partial charge >= 0.3 is 0 Å². The molecule has 6 heteroatoms. The van der Waals surface area contributed by atoms with Crippen molar-refractivity contribution in [2.45, 2.75) is 6.54 Å². The van der Waals surface area contributed by atoms with E-state index < -0.39 is 5.91 Å². The van der Waals surface area contributed by atoms with Crippen molar-refractivity contribution in [3.05, 3.63) is 16.6 Å². The van der Waals surface area contributed by atoms with E-state index >= 15 is 0 Å². The molecule has 0 saturated carbocycles. The van der Waals surface area contributed by atoms with E-state index in [1.54, 1.807) is 16.8 Å². The highest BCUT2D eigenvalue weighted by molar-refractivity contribution is 7.07. The molecule has 78 valence electrons. The van der Waals surface area contributed by atoms with Crippen LogP contribution in [0.2, 0.25) is 0 Å². The van der Waals surface area contributed by atoms with E-state index in [2.05, 4.69) is 10.3 Å². The molecule has 14 heavy (non-hydrogen) atoms. The number of rotatable bonds is 7. The largest absolute Gasteiger partial charge is 0.370 e. The molecule has 1 amide bonds. The summed E-state index contributed by atoms with van der Waals surface area (Å²) in [6.45, 7) is 1.87. The molecule has 0 aromatic carbocycles. The van der Waals surface area contributed by atoms with Gasteiger partial charge in [-0.3, -0.25) is 4.79 Å². The zero-order valence-corrected chi connectivity index (χ0v) is 8.55. The minimum Gasteiger partial charge on any atom is -0.370 e. The summed E-state index contributed by atoms with van der Waals surface area (Å²) >= 11 is 1.57. The summed E-state index contributed by atoms with van der Waals surface area (Å²) in [5.74, 6) is -0.440. The third kappa shape index (κ3) is 4.90. The lowest BCUT2D eigenvalue weighted by molar-refractivity contribution is -0.122. The molecular formula is C8H13N3O2S. The van der Waals surface area contributed by atoms with E-state index in [4.69, 9.17) is 10.5 Å². The molecule has 0 saturated heterocycles. The van der Waals surface area contributed by atoms with Crippen molar-refractivity contribution in [2.75, 3.05) is 19.8 Å². The first-order chi connectivity index (χ1) is 6.79. The summed E-state index contributed by atoms with van der Waals surface area (Å²) in [4.78, 5) is 14.4. The van der Waals surface area contributed by atoms with Crippen LogP contribution in [0, 0.1) is 0 Å². The number of amides is 1. The Hall–Kier alpha value is -0.980. The SMILES string of the molecule is NC(=O)COCCNCc1cscn1. The average molecular weight is 215 g/mol. The Morgan fingerprint density at radius 2 is 2.57 bits per heavy atom. The van der Waals surface area contributed by atoms with Gasteiger partial charge in [-0.15, -0.1) is 11.3 Å². The van der Waals surface area contributed by atoms with Crippen LogP contribution in [-0.4, -0.2) is 30.6 Å². The Balaban J connectivity index is 1.92. The normalized spacial score (nSPS) is 10.3. The molecule has 1 rings (SSSR count). The number of nitrogens with two attached hydrogens (primary N) is 1. The molecule has 0 unspecified atom stereocenters. The summed E-state index contributed by atoms with van der Waals surface area (Å²) in [5.41, 5.74) is 7.70. The number of carbonyl (C=O) groups is 1. The molecule has 0 atom stereocenters. The maximum absolute atomic E-state index is 10.3. The van der Waals surface area contributed by atoms with E-state index in [1.807, 2.05) is 5.38 Å². The Morgan fingerprint density at radius 1 is 1.71 bits per heavy atom. The van der Waals surface area contributed by atoms with E-state index in [0.29, 0.717) is 13.2 Å². The van der Waals surface area contributed by atoms with Crippen molar-refractivity contribution in [3.8, 4) is 0 Å². The number of primary amides is 1. The Bertz CT molecular complexity index is 264. The van der Waals surface area contributed by atoms with E-state index in [9.17, 15) is 4.79 Å². The fourth-order valence-corrected chi connectivity index (χ4v) is 1.42. The summed E-state index contributed by atoms with van der Waals surface area (Å²) in [7, 11) is 0. The number of thiazole rings is 1. The average Bonchev–Trinajstić information content (AvgIpc) is 2.63. The Morgan fingerprint density at radius 3 is 3.21 bits per heavy atom. The van der Waals surface area contributed by atoms with Gasteiger partial charge in [0.25, 0.3) is 0 Å². The van der Waals surface area contributed by atoms with Crippen LogP contribution in [0.25, 0.3) is 0 Å². The van der Waals surface area contributed by atoms with Gasteiger partial charge in [0.1, 0.15) is 6.61 Å². The standard InChI is InChI=1S/C8H13N3O2S/c9-8(12)4-13-2-1-10-3-7-5-14-6-11-7/h5-6,10H,1-4H2,(H2,9,12). The third-order valence-electron chi connectivity index (χ3n) is 1.46. The first-order valence-electron chi connectivity index (χ1n) is 4.23. The van der Waals surface area contributed by atoms with Crippen molar-refractivity contribution in [1.29, 1.82) is 0 Å². The highest BCUT2D eigenvalue weighted by Gasteiger charge is 1.95. The number of hydrogen-bond acceptors (Lipinski definition) is 5. The molecule has 0 aliphatic carbocycles. The predicted octanol–water partition coefficient (Wildman–Crippen LogP) is -0.265. The van der Waals surface area contributed by atoms with Crippen LogP contribution >= 0.6 is 11.3 Å². The molecule has 0 spiro atoms. The number of hydrogen-bond donors (Lipinski definition) is 2. The van der Waals surface area contributed by atoms with Gasteiger partial charge in [-0.05, 0) is 0 Å². The zero-order valence-electron chi connectivity index (χ0n) is 7.73. The lowest BCUT2D eigenvalue weighted by atomic mass is 10.5. The highest BCUT2D eigenvalue weighted by Crippen LogP contribution is 1.99. The molecule has 0 aliphatic rings. The van der Waals surface area contributed by atoms with Crippen molar-refractivity contribution in [3.63, 3.8) is 0 Å². The van der Waals surface area contributed by atoms with E-state index in [0.717, 1.165) is 12.2 Å². The fourth-order valence-electron chi connectivity index (χ4n) is 0.858. The van der Waals surface area contributed by atoms with Crippen LogP contribution in [0.15, 0.2) is 10.9 Å². The van der Waals surface area contributed by atoms with Gasteiger partial charge in [0, 0.05) is 18.5 Å². The second-order valence-corrected chi connectivity index (χ2v) is 3.39. The number of carbonyl (C=O) groups excluding carboxylic acids is 1. The second-order valence-electron chi connectivity index (χ2n) is 2.68. The summed E-state index contributed by atoms with van der Waals surface area (Å²) in [6, 6.07) is 0. The number of nitrogens with one attached hydrogen (secondary N) is 1. The van der Waals surface area contributed by atoms with Gasteiger partial charge in [-0.25, -0.2) is 4.98 Å². The quantitative estimate of drug-likeness (QED) is 0.614. The van der Waals surface area contributed by atoms with Gasteiger partial charge < -0.3 is 15.8 Å². The van der Waals surface area contributed by atoms with Crippen LogP contribution in [-0.2, 0) is 16.1 Å². The summed E-state index contributed by atoms with van der Waals surface area (Å²) < 4.78 is 4.96. The molecule has 1 aromatic rings.